The van der Waals surface area contributed by atoms with Crippen LogP contribution in [0.3, 0.4) is 0 Å². The number of pyridine rings is 1. The Bertz CT molecular complexity index is 1010. The Labute approximate surface area is 151 Å². The van der Waals surface area contributed by atoms with Crippen LogP contribution in [0, 0.1) is 0 Å². The van der Waals surface area contributed by atoms with Crippen LogP contribution in [0.4, 0.5) is 23.3 Å². The smallest absolute Gasteiger partial charge is 0.232 e. The third kappa shape index (κ3) is 3.19. The summed E-state index contributed by atoms with van der Waals surface area (Å²) in [5.41, 5.74) is 2.44. The summed E-state index contributed by atoms with van der Waals surface area (Å²) in [5.74, 6) is 1.81. The van der Waals surface area contributed by atoms with Crippen molar-refractivity contribution in [3.05, 3.63) is 61.1 Å². The normalized spacial score (nSPS) is 11.0. The highest BCUT2D eigenvalue weighted by Crippen LogP contribution is 2.26. The lowest BCUT2D eigenvalue weighted by Gasteiger charge is -2.11. The Hall–Kier alpha value is -3.48. The monoisotopic (exact) mass is 345 g/mol. The van der Waals surface area contributed by atoms with E-state index in [9.17, 15) is 0 Å². The number of hydrogen-bond donors (Lipinski definition) is 2. The van der Waals surface area contributed by atoms with Crippen molar-refractivity contribution in [2.75, 3.05) is 10.6 Å². The summed E-state index contributed by atoms with van der Waals surface area (Å²) < 4.78 is 2.02. The van der Waals surface area contributed by atoms with Crippen molar-refractivity contribution >= 4 is 34.4 Å². The van der Waals surface area contributed by atoms with Crippen LogP contribution < -0.4 is 10.6 Å². The number of hydrogen-bond acceptors (Lipinski definition) is 6. The number of anilines is 4. The second-order valence-corrected chi connectivity index (χ2v) is 6.14. The van der Waals surface area contributed by atoms with Gasteiger partial charge in [0.05, 0.1) is 6.33 Å². The zero-order chi connectivity index (χ0) is 17.9. The van der Waals surface area contributed by atoms with Crippen molar-refractivity contribution in [1.82, 2.24) is 24.5 Å². The highest BCUT2D eigenvalue weighted by molar-refractivity contribution is 5.87. The van der Waals surface area contributed by atoms with Gasteiger partial charge in [0.1, 0.15) is 5.82 Å². The molecule has 0 saturated carbocycles. The molecule has 0 spiro atoms. The van der Waals surface area contributed by atoms with Crippen LogP contribution in [0.25, 0.3) is 11.2 Å². The van der Waals surface area contributed by atoms with Crippen LogP contribution in [0.2, 0.25) is 0 Å². The Morgan fingerprint density at radius 1 is 0.885 bits per heavy atom. The molecular weight excluding hydrogens is 326 g/mol. The fourth-order valence-electron chi connectivity index (χ4n) is 2.65. The molecule has 0 bridgehead atoms. The van der Waals surface area contributed by atoms with Gasteiger partial charge in [0.25, 0.3) is 0 Å². The number of nitrogens with zero attached hydrogens (tertiary/aromatic N) is 5. The number of rotatable bonds is 5. The van der Waals surface area contributed by atoms with Gasteiger partial charge in [-0.1, -0.05) is 24.3 Å². The summed E-state index contributed by atoms with van der Waals surface area (Å²) in [5, 5.41) is 6.50. The highest BCUT2D eigenvalue weighted by atomic mass is 15.2. The predicted molar refractivity (Wildman–Crippen MR) is 103 cm³/mol. The summed E-state index contributed by atoms with van der Waals surface area (Å²) in [6, 6.07) is 15.8. The SMILES string of the molecule is CC(C)n1cnc2c(Nc3ccccc3)nc(Nc3ccccn3)nc21. The van der Waals surface area contributed by atoms with Crippen molar-refractivity contribution in [3.8, 4) is 0 Å². The molecule has 3 heterocycles. The van der Waals surface area contributed by atoms with Gasteiger partial charge >= 0.3 is 0 Å². The molecule has 0 fully saturated rings. The second-order valence-electron chi connectivity index (χ2n) is 6.14. The van der Waals surface area contributed by atoms with Crippen LogP contribution in [0.1, 0.15) is 19.9 Å². The van der Waals surface area contributed by atoms with E-state index in [1.807, 2.05) is 53.1 Å². The lowest BCUT2D eigenvalue weighted by atomic mass is 10.3. The van der Waals surface area contributed by atoms with E-state index in [1.54, 1.807) is 12.5 Å². The minimum atomic E-state index is 0.238. The summed E-state index contributed by atoms with van der Waals surface area (Å²) in [6.07, 6.45) is 3.52. The zero-order valence-electron chi connectivity index (χ0n) is 14.6. The van der Waals surface area contributed by atoms with Crippen molar-refractivity contribution < 1.29 is 0 Å². The Morgan fingerprint density at radius 2 is 1.69 bits per heavy atom. The summed E-state index contributed by atoms with van der Waals surface area (Å²) >= 11 is 0. The van der Waals surface area contributed by atoms with E-state index in [0.29, 0.717) is 17.6 Å². The quantitative estimate of drug-likeness (QED) is 0.562. The van der Waals surface area contributed by atoms with Crippen LogP contribution in [-0.2, 0) is 0 Å². The zero-order valence-corrected chi connectivity index (χ0v) is 14.6. The number of aromatic nitrogens is 5. The highest BCUT2D eigenvalue weighted by Gasteiger charge is 2.15. The number of benzene rings is 1. The molecule has 0 saturated heterocycles. The van der Waals surface area contributed by atoms with Crippen molar-refractivity contribution in [2.45, 2.75) is 19.9 Å². The Balaban J connectivity index is 1.80. The van der Waals surface area contributed by atoms with E-state index < -0.39 is 0 Å². The summed E-state index contributed by atoms with van der Waals surface area (Å²) in [4.78, 5) is 18.1. The molecule has 0 aliphatic rings. The van der Waals surface area contributed by atoms with Gasteiger partial charge in [-0.2, -0.15) is 9.97 Å². The minimum Gasteiger partial charge on any atom is -0.338 e. The second kappa shape index (κ2) is 6.79. The standard InChI is InChI=1S/C19H19N7/c1-13(2)26-12-21-16-17(22-14-8-4-3-5-9-14)24-19(25-18(16)26)23-15-10-6-7-11-20-15/h3-13H,1-2H3,(H2,20,22,23,24,25). The molecule has 1 aromatic carbocycles. The number of fused-ring (bicyclic) bond motifs is 1. The van der Waals surface area contributed by atoms with Crippen LogP contribution >= 0.6 is 0 Å². The van der Waals surface area contributed by atoms with Crippen LogP contribution in [0.15, 0.2) is 61.1 Å². The molecule has 0 atom stereocenters. The number of imidazole rings is 1. The third-order valence-electron chi connectivity index (χ3n) is 3.92. The van der Waals surface area contributed by atoms with Gasteiger partial charge in [-0.05, 0) is 38.1 Å². The summed E-state index contributed by atoms with van der Waals surface area (Å²) in [6.45, 7) is 4.19. The summed E-state index contributed by atoms with van der Waals surface area (Å²) in [7, 11) is 0. The molecule has 0 unspecified atom stereocenters. The van der Waals surface area contributed by atoms with Gasteiger partial charge in [-0.3, -0.25) is 0 Å². The lowest BCUT2D eigenvalue weighted by molar-refractivity contribution is 0.613. The molecule has 7 heteroatoms. The van der Waals surface area contributed by atoms with Gasteiger partial charge in [0.2, 0.25) is 5.95 Å². The van der Waals surface area contributed by atoms with E-state index in [-0.39, 0.29) is 6.04 Å². The van der Waals surface area contributed by atoms with Gasteiger partial charge in [0, 0.05) is 17.9 Å². The molecule has 3 aromatic heterocycles. The third-order valence-corrected chi connectivity index (χ3v) is 3.92. The van der Waals surface area contributed by atoms with Crippen molar-refractivity contribution in [2.24, 2.45) is 0 Å². The number of para-hydroxylation sites is 1. The number of nitrogens with one attached hydrogen (secondary N) is 2. The first-order valence-electron chi connectivity index (χ1n) is 8.45. The van der Waals surface area contributed by atoms with Crippen molar-refractivity contribution in [1.29, 1.82) is 0 Å². The maximum absolute atomic E-state index is 4.65. The maximum Gasteiger partial charge on any atom is 0.232 e. The van der Waals surface area contributed by atoms with E-state index in [4.69, 9.17) is 0 Å². The van der Waals surface area contributed by atoms with E-state index in [2.05, 4.69) is 44.4 Å². The first-order valence-corrected chi connectivity index (χ1v) is 8.45. The topological polar surface area (TPSA) is 80.5 Å². The molecule has 2 N–H and O–H groups in total. The minimum absolute atomic E-state index is 0.238. The molecule has 4 aromatic rings. The van der Waals surface area contributed by atoms with Crippen LogP contribution in [0.5, 0.6) is 0 Å². The molecule has 7 nitrogen and oxygen atoms in total. The fraction of sp³-hybridized carbons (Fsp3) is 0.158. The van der Waals surface area contributed by atoms with E-state index in [1.165, 1.54) is 0 Å². The average Bonchev–Trinajstić information content (AvgIpc) is 3.08. The van der Waals surface area contributed by atoms with Gasteiger partial charge in [0.15, 0.2) is 17.0 Å². The molecule has 0 radical (unpaired) electrons. The molecule has 4 rings (SSSR count). The first-order chi connectivity index (χ1) is 12.7. The first kappa shape index (κ1) is 16.0. The van der Waals surface area contributed by atoms with Gasteiger partial charge in [-0.25, -0.2) is 9.97 Å². The fourth-order valence-corrected chi connectivity index (χ4v) is 2.65. The van der Waals surface area contributed by atoms with Crippen molar-refractivity contribution in [3.63, 3.8) is 0 Å². The average molecular weight is 345 g/mol. The molecule has 130 valence electrons. The lowest BCUT2D eigenvalue weighted by Crippen LogP contribution is -2.06. The Kier molecular flexibility index (Phi) is 4.18. The molecule has 0 aliphatic heterocycles. The van der Waals surface area contributed by atoms with Crippen LogP contribution in [-0.4, -0.2) is 24.5 Å². The van der Waals surface area contributed by atoms with Gasteiger partial charge < -0.3 is 15.2 Å². The van der Waals surface area contributed by atoms with E-state index >= 15 is 0 Å². The molecular formula is C19H19N7. The van der Waals surface area contributed by atoms with Gasteiger partial charge in [-0.15, -0.1) is 0 Å². The molecule has 26 heavy (non-hydrogen) atoms. The van der Waals surface area contributed by atoms with E-state index in [0.717, 1.165) is 16.9 Å². The Morgan fingerprint density at radius 3 is 2.42 bits per heavy atom. The molecule has 0 aliphatic carbocycles. The largest absolute Gasteiger partial charge is 0.338 e. The molecule has 0 amide bonds. The maximum atomic E-state index is 4.65. The predicted octanol–water partition coefficient (Wildman–Crippen LogP) is 4.29.